The first-order chi connectivity index (χ1) is 10.3. The fraction of sp³-hybridized carbons (Fsp3) is 0.143. The van der Waals surface area contributed by atoms with E-state index in [-0.39, 0.29) is 11.4 Å². The predicted octanol–water partition coefficient (Wildman–Crippen LogP) is 3.01. The van der Waals surface area contributed by atoms with Gasteiger partial charge in [-0.3, -0.25) is 4.79 Å². The number of nitrogens with two attached hydrogens (primary N) is 1. The first kappa shape index (κ1) is 15.7. The summed E-state index contributed by atoms with van der Waals surface area (Å²) < 4.78 is 58.5. The molecule has 2 rings (SSSR count). The highest BCUT2D eigenvalue weighted by atomic mass is 19.4. The summed E-state index contributed by atoms with van der Waals surface area (Å²) in [4.78, 5) is 14.9. The maximum Gasteiger partial charge on any atom is 0.417 e. The minimum atomic E-state index is -4.80. The van der Waals surface area contributed by atoms with Gasteiger partial charge in [0.15, 0.2) is 0 Å². The Morgan fingerprint density at radius 2 is 1.95 bits per heavy atom. The van der Waals surface area contributed by atoms with Crippen LogP contribution in [0.3, 0.4) is 0 Å². The van der Waals surface area contributed by atoms with Crippen LogP contribution in [0.15, 0.2) is 30.5 Å². The molecule has 0 aliphatic heterocycles. The number of aromatic nitrogens is 1. The molecule has 0 unspecified atom stereocenters. The maximum atomic E-state index is 14.4. The second-order valence-electron chi connectivity index (χ2n) is 4.30. The van der Waals surface area contributed by atoms with Gasteiger partial charge in [0.1, 0.15) is 5.82 Å². The van der Waals surface area contributed by atoms with Crippen molar-refractivity contribution >= 4 is 5.91 Å². The van der Waals surface area contributed by atoms with Crippen molar-refractivity contribution in [1.82, 2.24) is 4.98 Å². The molecule has 1 amide bonds. The molecule has 8 heteroatoms. The standard InChI is InChI=1S/C14H10F4N2O2/c1-22-10-6-7(4-5-20-10)11-9(14(16,17)18)3-2-8(12(11)15)13(19)21/h2-6H,1H3,(H2,19,21). The quantitative estimate of drug-likeness (QED) is 0.886. The largest absolute Gasteiger partial charge is 0.481 e. The third-order valence-corrected chi connectivity index (χ3v) is 2.95. The molecule has 2 N–H and O–H groups in total. The average molecular weight is 314 g/mol. The highest BCUT2D eigenvalue weighted by Gasteiger charge is 2.36. The number of methoxy groups -OCH3 is 1. The number of amides is 1. The third kappa shape index (κ3) is 2.85. The molecule has 22 heavy (non-hydrogen) atoms. The van der Waals surface area contributed by atoms with Crippen LogP contribution in [-0.4, -0.2) is 18.0 Å². The number of rotatable bonds is 3. The van der Waals surface area contributed by atoms with Crippen LogP contribution < -0.4 is 10.5 Å². The maximum absolute atomic E-state index is 14.4. The Hall–Kier alpha value is -2.64. The Labute approximate surface area is 122 Å². The van der Waals surface area contributed by atoms with Crippen molar-refractivity contribution in [2.24, 2.45) is 5.73 Å². The van der Waals surface area contributed by atoms with Gasteiger partial charge in [-0.15, -0.1) is 0 Å². The molecule has 2 aromatic rings. The molecule has 1 heterocycles. The highest BCUT2D eigenvalue weighted by molar-refractivity contribution is 5.95. The number of carbonyl (C=O) groups excluding carboxylic acids is 1. The summed E-state index contributed by atoms with van der Waals surface area (Å²) in [7, 11) is 1.27. The highest BCUT2D eigenvalue weighted by Crippen LogP contribution is 2.39. The van der Waals surface area contributed by atoms with Crippen LogP contribution >= 0.6 is 0 Å². The fourth-order valence-corrected chi connectivity index (χ4v) is 1.96. The monoisotopic (exact) mass is 314 g/mol. The number of hydrogen-bond acceptors (Lipinski definition) is 3. The third-order valence-electron chi connectivity index (χ3n) is 2.95. The lowest BCUT2D eigenvalue weighted by Crippen LogP contribution is -2.16. The van der Waals surface area contributed by atoms with Crippen LogP contribution in [0.2, 0.25) is 0 Å². The first-order valence-electron chi connectivity index (χ1n) is 5.95. The van der Waals surface area contributed by atoms with Crippen LogP contribution in [0.25, 0.3) is 11.1 Å². The number of benzene rings is 1. The van der Waals surface area contributed by atoms with Gasteiger partial charge in [0, 0.05) is 17.8 Å². The molecule has 0 aliphatic carbocycles. The molecule has 1 aromatic heterocycles. The van der Waals surface area contributed by atoms with Crippen molar-refractivity contribution in [3.05, 3.63) is 47.4 Å². The van der Waals surface area contributed by atoms with E-state index in [0.717, 1.165) is 6.07 Å². The van der Waals surface area contributed by atoms with Gasteiger partial charge < -0.3 is 10.5 Å². The van der Waals surface area contributed by atoms with Crippen molar-refractivity contribution in [2.75, 3.05) is 7.11 Å². The topological polar surface area (TPSA) is 65.2 Å². The van der Waals surface area contributed by atoms with Gasteiger partial charge in [-0.1, -0.05) is 0 Å². The Morgan fingerprint density at radius 3 is 2.50 bits per heavy atom. The van der Waals surface area contributed by atoms with Gasteiger partial charge in [-0.05, 0) is 23.8 Å². The summed E-state index contributed by atoms with van der Waals surface area (Å²) in [6.07, 6.45) is -3.63. The van der Waals surface area contributed by atoms with Crippen LogP contribution in [0.4, 0.5) is 17.6 Å². The molecule has 0 aliphatic rings. The van der Waals surface area contributed by atoms with Gasteiger partial charge in [0.05, 0.1) is 18.2 Å². The fourth-order valence-electron chi connectivity index (χ4n) is 1.96. The summed E-state index contributed by atoms with van der Waals surface area (Å²) in [5, 5.41) is 0. The number of halogens is 4. The van der Waals surface area contributed by atoms with E-state index in [9.17, 15) is 22.4 Å². The summed E-state index contributed by atoms with van der Waals surface area (Å²) in [6, 6.07) is 3.65. The summed E-state index contributed by atoms with van der Waals surface area (Å²) >= 11 is 0. The second kappa shape index (κ2) is 5.63. The van der Waals surface area contributed by atoms with E-state index in [2.05, 4.69) is 4.98 Å². The van der Waals surface area contributed by atoms with Gasteiger partial charge in [0.25, 0.3) is 5.91 Å². The molecule has 0 fully saturated rings. The minimum Gasteiger partial charge on any atom is -0.481 e. The Morgan fingerprint density at radius 1 is 1.27 bits per heavy atom. The van der Waals surface area contributed by atoms with Gasteiger partial charge in [0.2, 0.25) is 5.88 Å². The van der Waals surface area contributed by atoms with Crippen LogP contribution in [0.1, 0.15) is 15.9 Å². The number of pyridine rings is 1. The second-order valence-corrected chi connectivity index (χ2v) is 4.30. The lowest BCUT2D eigenvalue weighted by atomic mass is 9.96. The molecule has 0 radical (unpaired) electrons. The lowest BCUT2D eigenvalue weighted by Gasteiger charge is -2.15. The number of alkyl halides is 3. The van der Waals surface area contributed by atoms with Gasteiger partial charge >= 0.3 is 6.18 Å². The SMILES string of the molecule is COc1cc(-c2c(C(F)(F)F)ccc(C(N)=O)c2F)ccn1. The Balaban J connectivity index is 2.80. The zero-order valence-corrected chi connectivity index (χ0v) is 11.2. The molecule has 0 bridgehead atoms. The minimum absolute atomic E-state index is 0.00880. The normalized spacial score (nSPS) is 11.3. The Kier molecular flexibility index (Phi) is 4.03. The zero-order chi connectivity index (χ0) is 16.5. The molecule has 1 aromatic carbocycles. The van der Waals surface area contributed by atoms with Crippen molar-refractivity contribution < 1.29 is 27.1 Å². The predicted molar refractivity (Wildman–Crippen MR) is 69.7 cm³/mol. The smallest absolute Gasteiger partial charge is 0.417 e. The molecule has 4 nitrogen and oxygen atoms in total. The number of nitrogens with zero attached hydrogens (tertiary/aromatic N) is 1. The van der Waals surface area contributed by atoms with Gasteiger partial charge in [-0.2, -0.15) is 13.2 Å². The first-order valence-corrected chi connectivity index (χ1v) is 5.95. The zero-order valence-electron chi connectivity index (χ0n) is 11.2. The van der Waals surface area contributed by atoms with E-state index in [0.29, 0.717) is 12.1 Å². The molecule has 0 atom stereocenters. The Bertz CT molecular complexity index is 729. The number of carbonyl (C=O) groups is 1. The molecule has 0 spiro atoms. The summed E-state index contributed by atoms with van der Waals surface area (Å²) in [5.41, 5.74) is 2.24. The molecule has 0 saturated heterocycles. The van der Waals surface area contributed by atoms with Crippen molar-refractivity contribution in [3.63, 3.8) is 0 Å². The van der Waals surface area contributed by atoms with E-state index in [1.807, 2.05) is 0 Å². The van der Waals surface area contributed by atoms with Crippen LogP contribution in [0.5, 0.6) is 5.88 Å². The van der Waals surface area contributed by atoms with Crippen molar-refractivity contribution in [3.8, 4) is 17.0 Å². The van der Waals surface area contributed by atoms with Crippen molar-refractivity contribution in [1.29, 1.82) is 0 Å². The number of primary amides is 1. The van der Waals surface area contributed by atoms with Crippen LogP contribution in [0, 0.1) is 5.82 Å². The number of ether oxygens (including phenoxy) is 1. The summed E-state index contributed by atoms with van der Waals surface area (Å²) in [5.74, 6) is -2.49. The van der Waals surface area contributed by atoms with Crippen molar-refractivity contribution in [2.45, 2.75) is 6.18 Å². The summed E-state index contributed by atoms with van der Waals surface area (Å²) in [6.45, 7) is 0. The van der Waals surface area contributed by atoms with E-state index >= 15 is 0 Å². The molecular weight excluding hydrogens is 304 g/mol. The molecule has 116 valence electrons. The van der Waals surface area contributed by atoms with E-state index in [1.165, 1.54) is 19.4 Å². The average Bonchev–Trinajstić information content (AvgIpc) is 2.45. The van der Waals surface area contributed by atoms with Crippen LogP contribution in [-0.2, 0) is 6.18 Å². The molecular formula is C14H10F4N2O2. The van der Waals surface area contributed by atoms with Gasteiger partial charge in [-0.25, -0.2) is 9.37 Å². The number of hydrogen-bond donors (Lipinski definition) is 1. The van der Waals surface area contributed by atoms with E-state index in [4.69, 9.17) is 10.5 Å². The molecule has 0 saturated carbocycles. The van der Waals surface area contributed by atoms with E-state index in [1.54, 1.807) is 0 Å². The van der Waals surface area contributed by atoms with E-state index < -0.39 is 34.6 Å². The lowest BCUT2D eigenvalue weighted by molar-refractivity contribution is -0.137.